The maximum Gasteiger partial charge on any atom is 0.243 e. The molecule has 0 bridgehead atoms. The van der Waals surface area contributed by atoms with Gasteiger partial charge in [0.1, 0.15) is 0 Å². The van der Waals surface area contributed by atoms with Crippen LogP contribution in [0.4, 0.5) is 11.4 Å². The third-order valence-electron chi connectivity index (χ3n) is 4.02. The van der Waals surface area contributed by atoms with Gasteiger partial charge in [0.2, 0.25) is 15.9 Å². The van der Waals surface area contributed by atoms with Crippen molar-refractivity contribution in [2.45, 2.75) is 25.7 Å². The Morgan fingerprint density at radius 3 is 2.27 bits per heavy atom. The quantitative estimate of drug-likeness (QED) is 0.743. The molecule has 1 amide bonds. The van der Waals surface area contributed by atoms with Crippen LogP contribution in [0.15, 0.2) is 53.4 Å². The molecule has 0 spiro atoms. The minimum Gasteiger partial charge on any atom is -0.376 e. The molecule has 0 aromatic heterocycles. The average Bonchev–Trinajstić information content (AvgIpc) is 2.62. The Morgan fingerprint density at radius 2 is 1.65 bits per heavy atom. The highest BCUT2D eigenvalue weighted by molar-refractivity contribution is 7.89. The molecule has 0 atom stereocenters. The number of nitrogens with zero attached hydrogens (tertiary/aromatic N) is 1. The van der Waals surface area contributed by atoms with Gasteiger partial charge in [0.15, 0.2) is 0 Å². The van der Waals surface area contributed by atoms with Crippen molar-refractivity contribution in [3.63, 3.8) is 0 Å². The lowest BCUT2D eigenvalue weighted by molar-refractivity contribution is -0.114. The first-order valence-electron chi connectivity index (χ1n) is 8.58. The Hall–Kier alpha value is -2.38. The van der Waals surface area contributed by atoms with Crippen molar-refractivity contribution in [3.8, 4) is 0 Å². The van der Waals surface area contributed by atoms with Crippen molar-refractivity contribution in [1.82, 2.24) is 4.31 Å². The van der Waals surface area contributed by atoms with Crippen LogP contribution < -0.4 is 10.6 Å². The van der Waals surface area contributed by atoms with Crippen molar-refractivity contribution >= 4 is 27.3 Å². The molecule has 26 heavy (non-hydrogen) atoms. The van der Waals surface area contributed by atoms with E-state index in [0.29, 0.717) is 30.0 Å². The SMILES string of the molecule is CCN(CC)S(=O)(=O)c1cc(NCC(=O)Nc2ccccc2)ccc1C. The Balaban J connectivity index is 2.11. The molecule has 140 valence electrons. The molecular formula is C19H25N3O3S. The van der Waals surface area contributed by atoms with E-state index >= 15 is 0 Å². The summed E-state index contributed by atoms with van der Waals surface area (Å²) in [6.07, 6.45) is 0. The van der Waals surface area contributed by atoms with Gasteiger partial charge in [-0.2, -0.15) is 4.31 Å². The zero-order valence-electron chi connectivity index (χ0n) is 15.3. The number of carbonyl (C=O) groups excluding carboxylic acids is 1. The average molecular weight is 375 g/mol. The lowest BCUT2D eigenvalue weighted by Crippen LogP contribution is -2.31. The van der Waals surface area contributed by atoms with Crippen molar-refractivity contribution in [3.05, 3.63) is 54.1 Å². The number of sulfonamides is 1. The van der Waals surface area contributed by atoms with Gasteiger partial charge in [0, 0.05) is 24.5 Å². The number of amides is 1. The summed E-state index contributed by atoms with van der Waals surface area (Å²) in [4.78, 5) is 12.3. The smallest absolute Gasteiger partial charge is 0.243 e. The fourth-order valence-electron chi connectivity index (χ4n) is 2.60. The molecule has 0 fully saturated rings. The molecule has 0 aliphatic heterocycles. The molecule has 2 N–H and O–H groups in total. The third kappa shape index (κ3) is 4.83. The summed E-state index contributed by atoms with van der Waals surface area (Å²) in [7, 11) is -3.55. The monoisotopic (exact) mass is 375 g/mol. The second-order valence-corrected chi connectivity index (χ2v) is 7.74. The van der Waals surface area contributed by atoms with Crippen LogP contribution in [0, 0.1) is 6.92 Å². The largest absolute Gasteiger partial charge is 0.376 e. The zero-order valence-corrected chi connectivity index (χ0v) is 16.1. The maximum absolute atomic E-state index is 12.8. The molecule has 6 nitrogen and oxygen atoms in total. The van der Waals surface area contributed by atoms with Crippen LogP contribution in [0.25, 0.3) is 0 Å². The van der Waals surface area contributed by atoms with E-state index in [0.717, 1.165) is 0 Å². The molecule has 2 aromatic carbocycles. The summed E-state index contributed by atoms with van der Waals surface area (Å²) < 4.78 is 26.9. The van der Waals surface area contributed by atoms with Gasteiger partial charge < -0.3 is 10.6 Å². The molecule has 0 aliphatic carbocycles. The first-order chi connectivity index (χ1) is 12.4. The van der Waals surface area contributed by atoms with Crippen molar-refractivity contribution in [1.29, 1.82) is 0 Å². The standard InChI is InChI=1S/C19H25N3O3S/c1-4-22(5-2)26(24,25)18-13-17(12-11-15(18)3)20-14-19(23)21-16-9-7-6-8-10-16/h6-13,20H,4-5,14H2,1-3H3,(H,21,23). The summed E-state index contributed by atoms with van der Waals surface area (Å²) in [6, 6.07) is 14.3. The van der Waals surface area contributed by atoms with Gasteiger partial charge in [0.05, 0.1) is 11.4 Å². The van der Waals surface area contributed by atoms with E-state index in [1.165, 1.54) is 4.31 Å². The van der Waals surface area contributed by atoms with Gasteiger partial charge in [0.25, 0.3) is 0 Å². The summed E-state index contributed by atoms with van der Waals surface area (Å²) in [5, 5.41) is 5.76. The van der Waals surface area contributed by atoms with Gasteiger partial charge in [-0.15, -0.1) is 0 Å². The van der Waals surface area contributed by atoms with Crippen LogP contribution in [-0.4, -0.2) is 38.3 Å². The number of nitrogens with one attached hydrogen (secondary N) is 2. The highest BCUT2D eigenvalue weighted by Crippen LogP contribution is 2.23. The number of hydrogen-bond acceptors (Lipinski definition) is 4. The second-order valence-electron chi connectivity index (χ2n) is 5.84. The number of para-hydroxylation sites is 1. The molecule has 0 saturated carbocycles. The summed E-state index contributed by atoms with van der Waals surface area (Å²) in [5.41, 5.74) is 1.98. The van der Waals surface area contributed by atoms with E-state index in [-0.39, 0.29) is 17.3 Å². The molecule has 7 heteroatoms. The summed E-state index contributed by atoms with van der Waals surface area (Å²) in [5.74, 6) is -0.204. The Labute approximate surface area is 155 Å². The first kappa shape index (κ1) is 19.9. The van der Waals surface area contributed by atoms with E-state index in [4.69, 9.17) is 0 Å². The summed E-state index contributed by atoms with van der Waals surface area (Å²) >= 11 is 0. The van der Waals surface area contributed by atoms with E-state index in [2.05, 4.69) is 10.6 Å². The van der Waals surface area contributed by atoms with Gasteiger partial charge in [-0.1, -0.05) is 38.1 Å². The van der Waals surface area contributed by atoms with E-state index in [1.807, 2.05) is 32.0 Å². The number of benzene rings is 2. The van der Waals surface area contributed by atoms with Crippen molar-refractivity contribution < 1.29 is 13.2 Å². The molecular weight excluding hydrogens is 350 g/mol. The number of anilines is 2. The lowest BCUT2D eigenvalue weighted by Gasteiger charge is -2.20. The predicted molar refractivity (Wildman–Crippen MR) is 105 cm³/mol. The minimum absolute atomic E-state index is 0.0444. The molecule has 2 aromatic rings. The van der Waals surface area contributed by atoms with Gasteiger partial charge in [-0.05, 0) is 36.8 Å². The number of hydrogen-bond donors (Lipinski definition) is 2. The molecule has 0 aliphatic rings. The number of aryl methyl sites for hydroxylation is 1. The number of carbonyl (C=O) groups is 1. The fraction of sp³-hybridized carbons (Fsp3) is 0.316. The highest BCUT2D eigenvalue weighted by Gasteiger charge is 2.23. The topological polar surface area (TPSA) is 78.5 Å². The van der Waals surface area contributed by atoms with Crippen LogP contribution >= 0.6 is 0 Å². The van der Waals surface area contributed by atoms with Crippen LogP contribution in [-0.2, 0) is 14.8 Å². The molecule has 0 unspecified atom stereocenters. The van der Waals surface area contributed by atoms with E-state index in [9.17, 15) is 13.2 Å². The zero-order chi connectivity index (χ0) is 19.2. The van der Waals surface area contributed by atoms with Crippen molar-refractivity contribution in [2.24, 2.45) is 0 Å². The van der Waals surface area contributed by atoms with Crippen LogP contribution in [0.3, 0.4) is 0 Å². The van der Waals surface area contributed by atoms with Gasteiger partial charge >= 0.3 is 0 Å². The molecule has 0 radical (unpaired) electrons. The molecule has 2 rings (SSSR count). The second kappa shape index (κ2) is 8.82. The first-order valence-corrected chi connectivity index (χ1v) is 10.0. The van der Waals surface area contributed by atoms with Gasteiger partial charge in [-0.3, -0.25) is 4.79 Å². The minimum atomic E-state index is -3.55. The molecule has 0 heterocycles. The van der Waals surface area contributed by atoms with E-state index in [1.54, 1.807) is 37.3 Å². The van der Waals surface area contributed by atoms with Crippen LogP contribution in [0.5, 0.6) is 0 Å². The normalized spacial score (nSPS) is 11.4. The Kier molecular flexibility index (Phi) is 6.76. The number of rotatable bonds is 8. The Bertz CT molecular complexity index is 848. The predicted octanol–water partition coefficient (Wildman–Crippen LogP) is 3.08. The van der Waals surface area contributed by atoms with Gasteiger partial charge in [-0.25, -0.2) is 8.42 Å². The van der Waals surface area contributed by atoms with Crippen molar-refractivity contribution in [2.75, 3.05) is 30.3 Å². The van der Waals surface area contributed by atoms with E-state index < -0.39 is 10.0 Å². The third-order valence-corrected chi connectivity index (χ3v) is 6.21. The van der Waals surface area contributed by atoms with Crippen LogP contribution in [0.2, 0.25) is 0 Å². The highest BCUT2D eigenvalue weighted by atomic mass is 32.2. The fourth-order valence-corrected chi connectivity index (χ4v) is 4.31. The lowest BCUT2D eigenvalue weighted by atomic mass is 10.2. The summed E-state index contributed by atoms with van der Waals surface area (Å²) in [6.45, 7) is 6.26. The van der Waals surface area contributed by atoms with Crippen LogP contribution in [0.1, 0.15) is 19.4 Å². The Morgan fingerprint density at radius 1 is 1.00 bits per heavy atom. The maximum atomic E-state index is 12.8. The molecule has 0 saturated heterocycles.